The van der Waals surface area contributed by atoms with E-state index in [1.54, 1.807) is 12.4 Å². The fourth-order valence-corrected chi connectivity index (χ4v) is 2.26. The van der Waals surface area contributed by atoms with Gasteiger partial charge in [-0.05, 0) is 56.0 Å². The molecule has 5 nitrogen and oxygen atoms in total. The summed E-state index contributed by atoms with van der Waals surface area (Å²) in [6, 6.07) is -0.247. The first-order chi connectivity index (χ1) is 9.83. The van der Waals surface area contributed by atoms with Crippen LogP contribution in [0.2, 0.25) is 0 Å². The van der Waals surface area contributed by atoms with Gasteiger partial charge >= 0.3 is 6.09 Å². The Morgan fingerprint density at radius 1 is 1.48 bits per heavy atom. The summed E-state index contributed by atoms with van der Waals surface area (Å²) >= 11 is 3.37. The lowest BCUT2D eigenvalue weighted by Crippen LogP contribution is -2.35. The minimum absolute atomic E-state index is 0.247. The molecule has 1 aromatic rings. The summed E-state index contributed by atoms with van der Waals surface area (Å²) in [5.41, 5.74) is 0.169. The van der Waals surface area contributed by atoms with Gasteiger partial charge in [-0.1, -0.05) is 6.08 Å². The normalized spacial score (nSPS) is 12.6. The standard InChI is InChI=1S/C15H22BrN3O2/c1-5-6-7-8-11(12-13(16)18-10-9-17-12)19-14(20)21-15(2,3)4/h5,9-11H,1,6-8H2,2-4H3,(H,19,20)/t11-/m0/s1. The second-order valence-corrected chi connectivity index (χ2v) is 6.40. The summed E-state index contributed by atoms with van der Waals surface area (Å²) in [7, 11) is 0. The summed E-state index contributed by atoms with van der Waals surface area (Å²) in [4.78, 5) is 20.4. The van der Waals surface area contributed by atoms with E-state index < -0.39 is 11.7 Å². The van der Waals surface area contributed by atoms with Crippen molar-refractivity contribution in [3.8, 4) is 0 Å². The highest BCUT2D eigenvalue weighted by molar-refractivity contribution is 9.10. The number of rotatable bonds is 6. The van der Waals surface area contributed by atoms with E-state index in [2.05, 4.69) is 37.8 Å². The number of amides is 1. The number of aromatic nitrogens is 2. The second kappa shape index (κ2) is 8.12. The first-order valence-corrected chi connectivity index (χ1v) is 7.69. The van der Waals surface area contributed by atoms with Gasteiger partial charge in [0, 0.05) is 12.4 Å². The maximum atomic E-state index is 12.0. The van der Waals surface area contributed by atoms with Crippen LogP contribution in [0, 0.1) is 0 Å². The van der Waals surface area contributed by atoms with Crippen LogP contribution in [0.15, 0.2) is 29.7 Å². The second-order valence-electron chi connectivity index (χ2n) is 5.65. The lowest BCUT2D eigenvalue weighted by Gasteiger charge is -2.23. The summed E-state index contributed by atoms with van der Waals surface area (Å²) in [6.45, 7) is 9.20. The Labute approximate surface area is 134 Å². The fourth-order valence-electron chi connectivity index (χ4n) is 1.76. The highest BCUT2D eigenvalue weighted by atomic mass is 79.9. The quantitative estimate of drug-likeness (QED) is 0.614. The zero-order valence-corrected chi connectivity index (χ0v) is 14.3. The van der Waals surface area contributed by atoms with Crippen LogP contribution in [0.1, 0.15) is 51.8 Å². The maximum Gasteiger partial charge on any atom is 0.408 e. The van der Waals surface area contributed by atoms with Crippen LogP contribution in [0.5, 0.6) is 0 Å². The largest absolute Gasteiger partial charge is 0.444 e. The van der Waals surface area contributed by atoms with E-state index >= 15 is 0 Å². The Morgan fingerprint density at radius 3 is 2.71 bits per heavy atom. The lowest BCUT2D eigenvalue weighted by molar-refractivity contribution is 0.0499. The van der Waals surface area contributed by atoms with Crippen LogP contribution in [-0.2, 0) is 4.74 Å². The van der Waals surface area contributed by atoms with E-state index in [0.717, 1.165) is 19.3 Å². The molecule has 0 spiro atoms. The van der Waals surface area contributed by atoms with Gasteiger partial charge in [0.2, 0.25) is 0 Å². The van der Waals surface area contributed by atoms with Gasteiger partial charge in [-0.25, -0.2) is 9.78 Å². The molecule has 0 aromatic carbocycles. The summed E-state index contributed by atoms with van der Waals surface area (Å²) in [5.74, 6) is 0. The van der Waals surface area contributed by atoms with Crippen molar-refractivity contribution in [2.45, 2.75) is 51.7 Å². The number of unbranched alkanes of at least 4 members (excludes halogenated alkanes) is 1. The number of halogens is 1. The highest BCUT2D eigenvalue weighted by Crippen LogP contribution is 2.24. The lowest BCUT2D eigenvalue weighted by atomic mass is 10.1. The van der Waals surface area contributed by atoms with Crippen molar-refractivity contribution in [1.29, 1.82) is 0 Å². The minimum atomic E-state index is -0.532. The zero-order valence-electron chi connectivity index (χ0n) is 12.7. The zero-order chi connectivity index (χ0) is 15.9. The van der Waals surface area contributed by atoms with Crippen molar-refractivity contribution in [1.82, 2.24) is 15.3 Å². The van der Waals surface area contributed by atoms with E-state index in [9.17, 15) is 4.79 Å². The molecule has 1 N–H and O–H groups in total. The molecule has 0 aliphatic rings. The number of hydrogen-bond acceptors (Lipinski definition) is 4. The molecule has 116 valence electrons. The average Bonchev–Trinajstić information content (AvgIpc) is 2.36. The van der Waals surface area contributed by atoms with Crippen molar-refractivity contribution in [3.05, 3.63) is 35.3 Å². The smallest absolute Gasteiger partial charge is 0.408 e. The number of ether oxygens (including phenoxy) is 1. The third-order valence-electron chi connectivity index (χ3n) is 2.60. The van der Waals surface area contributed by atoms with E-state index in [4.69, 9.17) is 4.74 Å². The molecular formula is C15H22BrN3O2. The molecule has 0 aliphatic carbocycles. The molecule has 1 rings (SSSR count). The van der Waals surface area contributed by atoms with Crippen LogP contribution < -0.4 is 5.32 Å². The summed E-state index contributed by atoms with van der Waals surface area (Å²) in [6.07, 6.45) is 7.12. The number of nitrogens with one attached hydrogen (secondary N) is 1. The van der Waals surface area contributed by atoms with Crippen LogP contribution in [0.3, 0.4) is 0 Å². The average molecular weight is 356 g/mol. The molecule has 6 heteroatoms. The number of nitrogens with zero attached hydrogens (tertiary/aromatic N) is 2. The molecule has 0 fully saturated rings. The molecule has 0 radical (unpaired) electrons. The molecular weight excluding hydrogens is 334 g/mol. The van der Waals surface area contributed by atoms with E-state index in [1.165, 1.54) is 0 Å². The molecule has 1 amide bonds. The fraction of sp³-hybridized carbons (Fsp3) is 0.533. The van der Waals surface area contributed by atoms with Gasteiger partial charge < -0.3 is 10.1 Å². The van der Waals surface area contributed by atoms with Gasteiger partial charge in [0.05, 0.1) is 11.7 Å². The van der Waals surface area contributed by atoms with Gasteiger partial charge in [-0.15, -0.1) is 6.58 Å². The number of alkyl carbamates (subject to hydrolysis) is 1. The Morgan fingerprint density at radius 2 is 2.14 bits per heavy atom. The summed E-state index contributed by atoms with van der Waals surface area (Å²) < 4.78 is 5.93. The summed E-state index contributed by atoms with van der Waals surface area (Å²) in [5, 5.41) is 2.86. The molecule has 1 heterocycles. The van der Waals surface area contributed by atoms with Gasteiger partial charge in [-0.2, -0.15) is 0 Å². The Kier molecular flexibility index (Phi) is 6.81. The van der Waals surface area contributed by atoms with E-state index in [0.29, 0.717) is 10.3 Å². The van der Waals surface area contributed by atoms with Gasteiger partial charge in [0.15, 0.2) is 0 Å². The molecule has 1 aromatic heterocycles. The Hall–Kier alpha value is -1.43. The number of hydrogen-bond donors (Lipinski definition) is 1. The molecule has 1 atom stereocenters. The first-order valence-electron chi connectivity index (χ1n) is 6.90. The molecule has 21 heavy (non-hydrogen) atoms. The molecule has 0 saturated carbocycles. The SMILES string of the molecule is C=CCCC[C@H](NC(=O)OC(C)(C)C)c1nccnc1Br. The van der Waals surface area contributed by atoms with Gasteiger partial charge in [0.1, 0.15) is 10.2 Å². The highest BCUT2D eigenvalue weighted by Gasteiger charge is 2.22. The van der Waals surface area contributed by atoms with Crippen molar-refractivity contribution in [2.24, 2.45) is 0 Å². The third-order valence-corrected chi connectivity index (χ3v) is 3.21. The van der Waals surface area contributed by atoms with Gasteiger partial charge in [0.25, 0.3) is 0 Å². The van der Waals surface area contributed by atoms with Crippen LogP contribution in [0.25, 0.3) is 0 Å². The van der Waals surface area contributed by atoms with Crippen molar-refractivity contribution < 1.29 is 9.53 Å². The van der Waals surface area contributed by atoms with Crippen molar-refractivity contribution in [3.63, 3.8) is 0 Å². The van der Waals surface area contributed by atoms with Gasteiger partial charge in [-0.3, -0.25) is 4.98 Å². The molecule has 0 saturated heterocycles. The molecule has 0 bridgehead atoms. The van der Waals surface area contributed by atoms with Crippen molar-refractivity contribution in [2.75, 3.05) is 0 Å². The Bertz CT molecular complexity index is 486. The first kappa shape index (κ1) is 17.6. The maximum absolute atomic E-state index is 12.0. The van der Waals surface area contributed by atoms with Crippen LogP contribution in [0.4, 0.5) is 4.79 Å². The monoisotopic (exact) mass is 355 g/mol. The number of carbonyl (C=O) groups is 1. The predicted octanol–water partition coefficient (Wildman–Crippen LogP) is 4.16. The van der Waals surface area contributed by atoms with Crippen molar-refractivity contribution >= 4 is 22.0 Å². The van der Waals surface area contributed by atoms with E-state index in [1.807, 2.05) is 26.8 Å². The number of allylic oxidation sites excluding steroid dienone is 1. The van der Waals surface area contributed by atoms with E-state index in [-0.39, 0.29) is 6.04 Å². The molecule has 0 unspecified atom stereocenters. The predicted molar refractivity (Wildman–Crippen MR) is 85.9 cm³/mol. The topological polar surface area (TPSA) is 64.1 Å². The van der Waals surface area contributed by atoms with Crippen LogP contribution in [-0.4, -0.2) is 21.7 Å². The Balaban J connectivity index is 2.80. The molecule has 0 aliphatic heterocycles. The third kappa shape index (κ3) is 6.71. The minimum Gasteiger partial charge on any atom is -0.444 e. The number of carbonyl (C=O) groups excluding carboxylic acids is 1. The van der Waals surface area contributed by atoms with Crippen LogP contribution >= 0.6 is 15.9 Å².